The van der Waals surface area contributed by atoms with Crippen LogP contribution in [-0.4, -0.2) is 15.0 Å². The maximum Gasteiger partial charge on any atom is 0.174 e. The Morgan fingerprint density at radius 2 is 1.84 bits per heavy atom. The molecule has 3 aromatic rings. The molecule has 0 aliphatic heterocycles. The van der Waals surface area contributed by atoms with Crippen molar-refractivity contribution in [3.63, 3.8) is 0 Å². The predicted molar refractivity (Wildman–Crippen MR) is 79.3 cm³/mol. The summed E-state index contributed by atoms with van der Waals surface area (Å²) in [5.41, 5.74) is 9.02. The molecule has 0 aliphatic rings. The Labute approximate surface area is 115 Å². The molecule has 0 spiro atoms. The zero-order valence-electron chi connectivity index (χ0n) is 11.1. The maximum atomic E-state index is 6.09. The normalized spacial score (nSPS) is 11.1. The van der Waals surface area contributed by atoms with Gasteiger partial charge in [0.15, 0.2) is 5.82 Å². The van der Waals surface area contributed by atoms with E-state index in [1.54, 1.807) is 11.3 Å². The minimum atomic E-state index is 0.531. The van der Waals surface area contributed by atoms with Crippen molar-refractivity contribution in [1.29, 1.82) is 0 Å². The zero-order valence-corrected chi connectivity index (χ0v) is 11.9. The Kier molecular flexibility index (Phi) is 2.71. The molecule has 0 aliphatic carbocycles. The van der Waals surface area contributed by atoms with Crippen LogP contribution in [0.25, 0.3) is 21.6 Å². The van der Waals surface area contributed by atoms with Crippen LogP contribution in [0.3, 0.4) is 0 Å². The first-order valence-electron chi connectivity index (χ1n) is 6.03. The number of fused-ring (bicyclic) bond motifs is 1. The molecule has 96 valence electrons. The van der Waals surface area contributed by atoms with E-state index in [4.69, 9.17) is 5.73 Å². The van der Waals surface area contributed by atoms with Crippen molar-refractivity contribution >= 4 is 28.1 Å². The highest BCUT2D eigenvalue weighted by Gasteiger charge is 2.13. The molecule has 19 heavy (non-hydrogen) atoms. The monoisotopic (exact) mass is 270 g/mol. The first-order chi connectivity index (χ1) is 9.06. The van der Waals surface area contributed by atoms with Gasteiger partial charge in [-0.15, -0.1) is 11.3 Å². The average molecular weight is 270 g/mol. The third-order valence-electron chi connectivity index (χ3n) is 3.07. The second-order valence-electron chi connectivity index (χ2n) is 4.55. The van der Waals surface area contributed by atoms with Gasteiger partial charge in [0.25, 0.3) is 0 Å². The van der Waals surface area contributed by atoms with Crippen molar-refractivity contribution < 1.29 is 0 Å². The highest BCUT2D eigenvalue weighted by Crippen LogP contribution is 2.30. The van der Waals surface area contributed by atoms with Gasteiger partial charge >= 0.3 is 0 Å². The smallest absolute Gasteiger partial charge is 0.174 e. The van der Waals surface area contributed by atoms with Crippen LogP contribution in [0.2, 0.25) is 0 Å². The SMILES string of the molecule is Cc1nc(C)c(-c2nc(N)c3c(C)cccc3n2)s1. The molecule has 0 bridgehead atoms. The number of nitrogen functional groups attached to an aromatic ring is 1. The van der Waals surface area contributed by atoms with Crippen molar-refractivity contribution in [2.45, 2.75) is 20.8 Å². The molecular weight excluding hydrogens is 256 g/mol. The Hall–Kier alpha value is -2.01. The van der Waals surface area contributed by atoms with Gasteiger partial charge in [-0.3, -0.25) is 0 Å². The van der Waals surface area contributed by atoms with E-state index in [2.05, 4.69) is 15.0 Å². The first-order valence-corrected chi connectivity index (χ1v) is 6.85. The fourth-order valence-corrected chi connectivity index (χ4v) is 3.08. The van der Waals surface area contributed by atoms with E-state index in [1.807, 2.05) is 39.0 Å². The molecular formula is C14H14N4S. The largest absolute Gasteiger partial charge is 0.383 e. The molecule has 0 fully saturated rings. The van der Waals surface area contributed by atoms with Gasteiger partial charge in [0, 0.05) is 5.39 Å². The molecule has 5 heteroatoms. The van der Waals surface area contributed by atoms with E-state index in [1.165, 1.54) is 0 Å². The van der Waals surface area contributed by atoms with Gasteiger partial charge in [-0.2, -0.15) is 0 Å². The van der Waals surface area contributed by atoms with Gasteiger partial charge in [0.2, 0.25) is 0 Å². The second kappa shape index (κ2) is 4.28. The second-order valence-corrected chi connectivity index (χ2v) is 5.75. The van der Waals surface area contributed by atoms with Gasteiger partial charge in [0.05, 0.1) is 21.1 Å². The molecule has 4 nitrogen and oxygen atoms in total. The van der Waals surface area contributed by atoms with E-state index in [0.717, 1.165) is 32.0 Å². The van der Waals surface area contributed by atoms with Gasteiger partial charge in [0.1, 0.15) is 5.82 Å². The van der Waals surface area contributed by atoms with Crippen molar-refractivity contribution in [2.75, 3.05) is 5.73 Å². The highest BCUT2D eigenvalue weighted by molar-refractivity contribution is 7.15. The van der Waals surface area contributed by atoms with Gasteiger partial charge < -0.3 is 5.73 Å². The third-order valence-corrected chi connectivity index (χ3v) is 4.14. The standard InChI is InChI=1S/C14H14N4S/c1-7-5-4-6-10-11(7)13(15)18-14(17-10)12-8(2)16-9(3)19-12/h4-6H,1-3H3,(H2,15,17,18). The van der Waals surface area contributed by atoms with E-state index >= 15 is 0 Å². The third kappa shape index (κ3) is 1.96. The lowest BCUT2D eigenvalue weighted by Gasteiger charge is -2.06. The summed E-state index contributed by atoms with van der Waals surface area (Å²) in [7, 11) is 0. The summed E-state index contributed by atoms with van der Waals surface area (Å²) in [4.78, 5) is 14.5. The van der Waals surface area contributed by atoms with Crippen LogP contribution in [0.1, 0.15) is 16.3 Å². The lowest BCUT2D eigenvalue weighted by atomic mass is 10.1. The predicted octanol–water partition coefficient (Wildman–Crippen LogP) is 3.26. The molecule has 0 unspecified atom stereocenters. The molecule has 1 aromatic carbocycles. The fraction of sp³-hybridized carbons (Fsp3) is 0.214. The summed E-state index contributed by atoms with van der Waals surface area (Å²) in [6.07, 6.45) is 0. The minimum Gasteiger partial charge on any atom is -0.383 e. The van der Waals surface area contributed by atoms with Crippen molar-refractivity contribution in [3.05, 3.63) is 34.5 Å². The van der Waals surface area contributed by atoms with E-state index in [0.29, 0.717) is 11.6 Å². The summed E-state index contributed by atoms with van der Waals surface area (Å²) >= 11 is 1.60. The molecule has 0 atom stereocenters. The number of nitrogens with zero attached hydrogens (tertiary/aromatic N) is 3. The number of benzene rings is 1. The molecule has 0 saturated heterocycles. The Morgan fingerprint density at radius 3 is 2.53 bits per heavy atom. The number of aromatic nitrogens is 3. The summed E-state index contributed by atoms with van der Waals surface area (Å²) in [5.74, 6) is 1.20. The number of rotatable bonds is 1. The lowest BCUT2D eigenvalue weighted by Crippen LogP contribution is -1.99. The Balaban J connectivity index is 2.30. The summed E-state index contributed by atoms with van der Waals surface area (Å²) in [6, 6.07) is 5.97. The van der Waals surface area contributed by atoms with Gasteiger partial charge in [-0.25, -0.2) is 15.0 Å². The van der Waals surface area contributed by atoms with E-state index < -0.39 is 0 Å². The Bertz CT molecular complexity index is 776. The minimum absolute atomic E-state index is 0.531. The molecule has 0 amide bonds. The van der Waals surface area contributed by atoms with Gasteiger partial charge in [-0.1, -0.05) is 12.1 Å². The van der Waals surface area contributed by atoms with Crippen LogP contribution < -0.4 is 5.73 Å². The van der Waals surface area contributed by atoms with Crippen molar-refractivity contribution in [3.8, 4) is 10.7 Å². The van der Waals surface area contributed by atoms with Crippen LogP contribution in [0.5, 0.6) is 0 Å². The number of nitrogens with two attached hydrogens (primary N) is 1. The quantitative estimate of drug-likeness (QED) is 0.737. The fourth-order valence-electron chi connectivity index (χ4n) is 2.23. The van der Waals surface area contributed by atoms with Gasteiger partial charge in [-0.05, 0) is 32.4 Å². The molecule has 3 rings (SSSR count). The molecule has 2 heterocycles. The van der Waals surface area contributed by atoms with Crippen LogP contribution in [0, 0.1) is 20.8 Å². The Morgan fingerprint density at radius 1 is 1.05 bits per heavy atom. The topological polar surface area (TPSA) is 64.7 Å². The number of aryl methyl sites for hydroxylation is 3. The summed E-state index contributed by atoms with van der Waals surface area (Å²) < 4.78 is 0. The number of hydrogen-bond acceptors (Lipinski definition) is 5. The first kappa shape index (κ1) is 12.0. The molecule has 0 saturated carbocycles. The van der Waals surface area contributed by atoms with Crippen LogP contribution in [0.4, 0.5) is 5.82 Å². The van der Waals surface area contributed by atoms with E-state index in [9.17, 15) is 0 Å². The van der Waals surface area contributed by atoms with Crippen LogP contribution in [0.15, 0.2) is 18.2 Å². The average Bonchev–Trinajstić information content (AvgIpc) is 2.68. The number of thiazole rings is 1. The van der Waals surface area contributed by atoms with Crippen LogP contribution >= 0.6 is 11.3 Å². The maximum absolute atomic E-state index is 6.09. The van der Waals surface area contributed by atoms with Crippen molar-refractivity contribution in [2.24, 2.45) is 0 Å². The number of hydrogen-bond donors (Lipinski definition) is 1. The summed E-state index contributed by atoms with van der Waals surface area (Å²) in [6.45, 7) is 5.97. The van der Waals surface area contributed by atoms with Crippen molar-refractivity contribution in [1.82, 2.24) is 15.0 Å². The molecule has 0 radical (unpaired) electrons. The lowest BCUT2D eigenvalue weighted by molar-refractivity contribution is 1.18. The highest BCUT2D eigenvalue weighted by atomic mass is 32.1. The molecule has 2 aromatic heterocycles. The summed E-state index contributed by atoms with van der Waals surface area (Å²) in [5, 5.41) is 1.95. The van der Waals surface area contributed by atoms with Crippen LogP contribution in [-0.2, 0) is 0 Å². The number of anilines is 1. The van der Waals surface area contributed by atoms with E-state index in [-0.39, 0.29) is 0 Å². The molecule has 2 N–H and O–H groups in total. The zero-order chi connectivity index (χ0) is 13.6.